The van der Waals surface area contributed by atoms with Crippen LogP contribution in [0.3, 0.4) is 0 Å². The highest BCUT2D eigenvalue weighted by atomic mass is 32.2. The SMILES string of the molecule is COC(=O)C1CCCCN1S(=O)(=O)NC(=O)C1CCCC1C=CCCCCCC(NC(=O)OC(C)(C)C)C(=O)N1CCCC1C(N)=O. The van der Waals surface area contributed by atoms with Crippen LogP contribution in [0.1, 0.15) is 104 Å². The van der Waals surface area contributed by atoms with E-state index in [1.165, 1.54) is 12.0 Å². The summed E-state index contributed by atoms with van der Waals surface area (Å²) >= 11 is 0. The average molecular weight is 684 g/mol. The van der Waals surface area contributed by atoms with Crippen molar-refractivity contribution in [2.75, 3.05) is 20.2 Å². The van der Waals surface area contributed by atoms with Crippen LogP contribution in [0.2, 0.25) is 0 Å². The van der Waals surface area contributed by atoms with Crippen molar-refractivity contribution in [3.63, 3.8) is 0 Å². The number of nitrogens with one attached hydrogen (secondary N) is 2. The number of hydrogen-bond donors (Lipinski definition) is 3. The first-order valence-electron chi connectivity index (χ1n) is 16.8. The summed E-state index contributed by atoms with van der Waals surface area (Å²) < 4.78 is 39.6. The highest BCUT2D eigenvalue weighted by molar-refractivity contribution is 7.87. The van der Waals surface area contributed by atoms with Gasteiger partial charge in [-0.3, -0.25) is 19.2 Å². The number of nitrogens with zero attached hydrogens (tertiary/aromatic N) is 2. The van der Waals surface area contributed by atoms with Crippen molar-refractivity contribution in [3.8, 4) is 0 Å². The molecule has 0 aromatic rings. The van der Waals surface area contributed by atoms with E-state index in [0.717, 1.165) is 36.4 Å². The largest absolute Gasteiger partial charge is 0.468 e. The van der Waals surface area contributed by atoms with Gasteiger partial charge >= 0.3 is 22.3 Å². The van der Waals surface area contributed by atoms with Crippen molar-refractivity contribution in [2.24, 2.45) is 17.6 Å². The number of alkyl carbamates (subject to hydrolysis) is 1. The van der Waals surface area contributed by atoms with Gasteiger partial charge in [-0.25, -0.2) is 9.52 Å². The second-order valence-electron chi connectivity index (χ2n) is 13.7. The summed E-state index contributed by atoms with van der Waals surface area (Å²) in [4.78, 5) is 64.4. The number of carbonyl (C=O) groups is 5. The normalized spacial score (nSPS) is 24.6. The fraction of sp³-hybridized carbons (Fsp3) is 0.781. The second-order valence-corrected chi connectivity index (χ2v) is 15.3. The lowest BCUT2D eigenvalue weighted by molar-refractivity contribution is -0.146. The molecule has 3 rings (SSSR count). The van der Waals surface area contributed by atoms with Crippen LogP contribution in [0.25, 0.3) is 0 Å². The van der Waals surface area contributed by atoms with Gasteiger partial charge in [0.1, 0.15) is 23.7 Å². The Morgan fingerprint density at radius 3 is 2.34 bits per heavy atom. The number of hydrogen-bond acceptors (Lipinski definition) is 9. The third-order valence-electron chi connectivity index (χ3n) is 8.97. The monoisotopic (exact) mass is 683 g/mol. The molecule has 2 saturated heterocycles. The Hall–Kier alpha value is -3.20. The maximum absolute atomic E-state index is 13.3. The summed E-state index contributed by atoms with van der Waals surface area (Å²) in [5.74, 6) is -2.67. The van der Waals surface area contributed by atoms with Gasteiger partial charge in [-0.05, 0) is 90.9 Å². The maximum Gasteiger partial charge on any atom is 0.408 e. The van der Waals surface area contributed by atoms with Crippen LogP contribution in [0.15, 0.2) is 12.2 Å². The Balaban J connectivity index is 1.49. The lowest BCUT2D eigenvalue weighted by Crippen LogP contribution is -2.54. The van der Waals surface area contributed by atoms with Crippen LogP contribution in [-0.2, 0) is 38.9 Å². The lowest BCUT2D eigenvalue weighted by atomic mass is 9.94. The van der Waals surface area contributed by atoms with Crippen LogP contribution in [-0.4, -0.2) is 91.3 Å². The summed E-state index contributed by atoms with van der Waals surface area (Å²) in [6.45, 7) is 5.76. The first kappa shape index (κ1) is 38.2. The number of ether oxygens (including phenoxy) is 2. The zero-order chi connectivity index (χ0) is 34.8. The van der Waals surface area contributed by atoms with Crippen LogP contribution >= 0.6 is 0 Å². The van der Waals surface area contributed by atoms with E-state index in [2.05, 4.69) is 10.0 Å². The molecular formula is C32H53N5O9S. The van der Waals surface area contributed by atoms with Gasteiger partial charge < -0.3 is 25.4 Å². The third kappa shape index (κ3) is 11.2. The number of likely N-dealkylation sites (tertiary alicyclic amines) is 1. The standard InChI is InChI=1S/C32H53N5O9S/c1-32(2,3)46-31(42)34-24(29(40)36-20-13-19-25(36)27(33)38)17-9-7-5-6-8-14-22-15-12-16-23(22)28(39)35-47(43,44)37-21-11-10-18-26(37)30(41)45-4/h8,14,22-26H,5-7,9-13,15-21H2,1-4H3,(H2,33,38)(H,34,42)(H,35,39). The lowest BCUT2D eigenvalue weighted by Gasteiger charge is -2.32. The second kappa shape index (κ2) is 17.3. The maximum atomic E-state index is 13.3. The van der Waals surface area contributed by atoms with Crippen molar-refractivity contribution in [2.45, 2.75) is 128 Å². The summed E-state index contributed by atoms with van der Waals surface area (Å²) in [6, 6.07) is -2.46. The van der Waals surface area contributed by atoms with Crippen LogP contribution in [0, 0.1) is 11.8 Å². The molecule has 15 heteroatoms. The molecular weight excluding hydrogens is 630 g/mol. The van der Waals surface area contributed by atoms with Crippen molar-refractivity contribution < 1.29 is 41.9 Å². The number of carbonyl (C=O) groups excluding carboxylic acids is 5. The number of methoxy groups -OCH3 is 1. The number of nitrogens with two attached hydrogens (primary N) is 1. The van der Waals surface area contributed by atoms with E-state index in [9.17, 15) is 32.4 Å². The molecule has 1 saturated carbocycles. The molecule has 266 valence electrons. The quantitative estimate of drug-likeness (QED) is 0.140. The van der Waals surface area contributed by atoms with E-state index < -0.39 is 63.7 Å². The molecule has 1 aliphatic carbocycles. The van der Waals surface area contributed by atoms with Gasteiger partial charge in [0.05, 0.1) is 7.11 Å². The van der Waals surface area contributed by atoms with E-state index in [1.807, 2.05) is 12.2 Å². The van der Waals surface area contributed by atoms with Gasteiger partial charge in [0.2, 0.25) is 17.7 Å². The summed E-state index contributed by atoms with van der Waals surface area (Å²) in [6.07, 6.45) is 11.6. The van der Waals surface area contributed by atoms with E-state index in [0.29, 0.717) is 57.9 Å². The minimum atomic E-state index is -4.20. The van der Waals surface area contributed by atoms with Gasteiger partial charge in [-0.1, -0.05) is 31.4 Å². The fourth-order valence-corrected chi connectivity index (χ4v) is 8.08. The molecule has 0 spiro atoms. The van der Waals surface area contributed by atoms with E-state index in [1.54, 1.807) is 20.8 Å². The molecule has 0 radical (unpaired) electrons. The Kier molecular flexibility index (Phi) is 14.1. The molecule has 2 aliphatic heterocycles. The number of unbranched alkanes of at least 4 members (excludes halogenated alkanes) is 3. The molecule has 0 bridgehead atoms. The van der Waals surface area contributed by atoms with Crippen LogP contribution in [0.5, 0.6) is 0 Å². The van der Waals surface area contributed by atoms with Crippen LogP contribution in [0.4, 0.5) is 4.79 Å². The highest BCUT2D eigenvalue weighted by Crippen LogP contribution is 2.34. The number of piperidine rings is 1. The summed E-state index contributed by atoms with van der Waals surface area (Å²) in [7, 11) is -2.98. The third-order valence-corrected chi connectivity index (χ3v) is 10.5. The van der Waals surface area contributed by atoms with Gasteiger partial charge in [-0.2, -0.15) is 12.7 Å². The summed E-state index contributed by atoms with van der Waals surface area (Å²) in [5.41, 5.74) is 4.77. The number of allylic oxidation sites excluding steroid dienone is 2. The molecule has 0 aromatic heterocycles. The van der Waals surface area contributed by atoms with Gasteiger partial charge in [0, 0.05) is 19.0 Å². The predicted molar refractivity (Wildman–Crippen MR) is 174 cm³/mol. The molecule has 0 aromatic carbocycles. The zero-order valence-electron chi connectivity index (χ0n) is 28.2. The Labute approximate surface area is 278 Å². The number of esters is 1. The molecule has 3 fully saturated rings. The zero-order valence-corrected chi connectivity index (χ0v) is 29.0. The minimum absolute atomic E-state index is 0.0957. The van der Waals surface area contributed by atoms with E-state index in [4.69, 9.17) is 15.2 Å². The molecule has 2 heterocycles. The average Bonchev–Trinajstić information content (AvgIpc) is 3.68. The van der Waals surface area contributed by atoms with Crippen LogP contribution < -0.4 is 15.8 Å². The van der Waals surface area contributed by atoms with Crippen molar-refractivity contribution in [1.82, 2.24) is 19.2 Å². The van der Waals surface area contributed by atoms with Gasteiger partial charge in [0.25, 0.3) is 0 Å². The fourth-order valence-electron chi connectivity index (χ4n) is 6.66. The van der Waals surface area contributed by atoms with Gasteiger partial charge in [0.15, 0.2) is 0 Å². The molecule has 5 atom stereocenters. The topological polar surface area (TPSA) is 195 Å². The Morgan fingerprint density at radius 2 is 1.66 bits per heavy atom. The molecule has 14 nitrogen and oxygen atoms in total. The number of primary amides is 1. The van der Waals surface area contributed by atoms with Crippen molar-refractivity contribution in [3.05, 3.63) is 12.2 Å². The first-order chi connectivity index (χ1) is 22.1. The van der Waals surface area contributed by atoms with Crippen molar-refractivity contribution >= 4 is 40.0 Å². The molecule has 4 amide bonds. The molecule has 4 N–H and O–H groups in total. The summed E-state index contributed by atoms with van der Waals surface area (Å²) in [5, 5.41) is 2.69. The number of amides is 4. The predicted octanol–water partition coefficient (Wildman–Crippen LogP) is 2.67. The van der Waals surface area contributed by atoms with E-state index in [-0.39, 0.29) is 18.4 Å². The first-order valence-corrected chi connectivity index (χ1v) is 18.3. The molecule has 5 unspecified atom stereocenters. The Bertz CT molecular complexity index is 1270. The highest BCUT2D eigenvalue weighted by Gasteiger charge is 2.41. The molecule has 3 aliphatic rings. The number of rotatable bonds is 14. The molecule has 47 heavy (non-hydrogen) atoms. The van der Waals surface area contributed by atoms with Crippen molar-refractivity contribution in [1.29, 1.82) is 0 Å². The van der Waals surface area contributed by atoms with E-state index >= 15 is 0 Å². The smallest absolute Gasteiger partial charge is 0.408 e. The Morgan fingerprint density at radius 1 is 0.936 bits per heavy atom. The van der Waals surface area contributed by atoms with Gasteiger partial charge in [-0.15, -0.1) is 0 Å². The minimum Gasteiger partial charge on any atom is -0.468 e.